The number of hydrogen-bond donors (Lipinski definition) is 1. The van der Waals surface area contributed by atoms with Crippen molar-refractivity contribution in [2.45, 2.75) is 39.2 Å². The van der Waals surface area contributed by atoms with E-state index in [0.29, 0.717) is 6.04 Å². The van der Waals surface area contributed by atoms with Crippen molar-refractivity contribution in [3.8, 4) is 0 Å². The smallest absolute Gasteiger partial charge is 0.222 e. The van der Waals surface area contributed by atoms with Crippen LogP contribution in [-0.4, -0.2) is 16.0 Å². The summed E-state index contributed by atoms with van der Waals surface area (Å²) in [6, 6.07) is 0.506. The van der Waals surface area contributed by atoms with Crippen molar-refractivity contribution in [3.05, 3.63) is 18.0 Å². The first kappa shape index (κ1) is 9.44. The first-order valence-corrected chi connectivity index (χ1v) is 5.31. The largest absolute Gasteiger partial charge is 0.351 e. The Kier molecular flexibility index (Phi) is 2.66. The molecule has 1 aliphatic carbocycles. The molecule has 1 atom stereocenters. The molecule has 76 valence electrons. The zero-order valence-electron chi connectivity index (χ0n) is 8.83. The molecular weight excluding hydrogens is 174 g/mol. The van der Waals surface area contributed by atoms with Gasteiger partial charge in [-0.2, -0.15) is 0 Å². The van der Waals surface area contributed by atoms with Gasteiger partial charge in [0.2, 0.25) is 5.95 Å². The fraction of sp³-hybridized carbons (Fsp3) is 0.636. The standard InChI is InChI=1S/C11H17N3/c1-8-6-12-11(13-7-8)14-9(2)10-4-3-5-10/h6-7,9-10H,3-5H2,1-2H3,(H,12,13,14)/t9-/m0/s1. The van der Waals surface area contributed by atoms with Gasteiger partial charge in [-0.05, 0) is 38.2 Å². The van der Waals surface area contributed by atoms with Crippen molar-refractivity contribution in [1.82, 2.24) is 9.97 Å². The van der Waals surface area contributed by atoms with Crippen LogP contribution in [0.4, 0.5) is 5.95 Å². The van der Waals surface area contributed by atoms with Gasteiger partial charge in [0.05, 0.1) is 0 Å². The molecule has 0 aromatic carbocycles. The second-order valence-electron chi connectivity index (χ2n) is 4.21. The first-order chi connectivity index (χ1) is 6.75. The first-order valence-electron chi connectivity index (χ1n) is 5.31. The molecule has 2 rings (SSSR count). The summed E-state index contributed by atoms with van der Waals surface area (Å²) in [7, 11) is 0. The molecule has 0 aliphatic heterocycles. The molecule has 0 saturated heterocycles. The summed E-state index contributed by atoms with van der Waals surface area (Å²) in [5, 5.41) is 3.35. The zero-order chi connectivity index (χ0) is 9.97. The normalized spacial score (nSPS) is 18.7. The molecule has 3 nitrogen and oxygen atoms in total. The third-order valence-corrected chi connectivity index (χ3v) is 2.99. The summed E-state index contributed by atoms with van der Waals surface area (Å²) < 4.78 is 0. The van der Waals surface area contributed by atoms with Crippen molar-refractivity contribution in [3.63, 3.8) is 0 Å². The predicted molar refractivity (Wildman–Crippen MR) is 57.2 cm³/mol. The van der Waals surface area contributed by atoms with Gasteiger partial charge in [-0.3, -0.25) is 0 Å². The molecule has 1 N–H and O–H groups in total. The molecule has 14 heavy (non-hydrogen) atoms. The molecule has 1 aromatic rings. The number of aromatic nitrogens is 2. The fourth-order valence-corrected chi connectivity index (χ4v) is 1.73. The van der Waals surface area contributed by atoms with E-state index in [0.717, 1.165) is 17.4 Å². The molecule has 0 radical (unpaired) electrons. The SMILES string of the molecule is Cc1cnc(N[C@@H](C)C2CCC2)nc1. The Balaban J connectivity index is 1.92. The Morgan fingerprint density at radius 2 is 2.00 bits per heavy atom. The van der Waals surface area contributed by atoms with Gasteiger partial charge in [-0.1, -0.05) is 6.42 Å². The number of aryl methyl sites for hydroxylation is 1. The summed E-state index contributed by atoms with van der Waals surface area (Å²) in [5.41, 5.74) is 1.10. The van der Waals surface area contributed by atoms with E-state index >= 15 is 0 Å². The number of nitrogens with one attached hydrogen (secondary N) is 1. The van der Waals surface area contributed by atoms with Crippen molar-refractivity contribution in [2.75, 3.05) is 5.32 Å². The average molecular weight is 191 g/mol. The maximum atomic E-state index is 4.24. The number of nitrogens with zero attached hydrogens (tertiary/aromatic N) is 2. The summed E-state index contributed by atoms with van der Waals surface area (Å²) >= 11 is 0. The van der Waals surface area contributed by atoms with Crippen LogP contribution < -0.4 is 5.32 Å². The quantitative estimate of drug-likeness (QED) is 0.797. The summed E-state index contributed by atoms with van der Waals surface area (Å²) in [5.74, 6) is 1.58. The Morgan fingerprint density at radius 3 is 2.50 bits per heavy atom. The lowest BCUT2D eigenvalue weighted by Crippen LogP contribution is -2.31. The van der Waals surface area contributed by atoms with Crippen molar-refractivity contribution < 1.29 is 0 Å². The lowest BCUT2D eigenvalue weighted by atomic mass is 9.80. The Hall–Kier alpha value is -1.12. The fourth-order valence-electron chi connectivity index (χ4n) is 1.73. The molecule has 0 unspecified atom stereocenters. The highest BCUT2D eigenvalue weighted by Crippen LogP contribution is 2.30. The van der Waals surface area contributed by atoms with Crippen LogP contribution in [0.1, 0.15) is 31.7 Å². The zero-order valence-corrected chi connectivity index (χ0v) is 8.83. The monoisotopic (exact) mass is 191 g/mol. The Labute approximate surface area is 85.0 Å². The maximum Gasteiger partial charge on any atom is 0.222 e. The molecular formula is C11H17N3. The summed E-state index contributed by atoms with van der Waals surface area (Å²) in [6.07, 6.45) is 7.77. The minimum absolute atomic E-state index is 0.506. The number of rotatable bonds is 3. The third-order valence-electron chi connectivity index (χ3n) is 2.99. The molecule has 0 amide bonds. The van der Waals surface area contributed by atoms with Crippen molar-refractivity contribution in [1.29, 1.82) is 0 Å². The van der Waals surface area contributed by atoms with Gasteiger partial charge in [0.15, 0.2) is 0 Å². The van der Waals surface area contributed by atoms with Crippen LogP contribution in [0.5, 0.6) is 0 Å². The Morgan fingerprint density at radius 1 is 1.36 bits per heavy atom. The van der Waals surface area contributed by atoms with E-state index in [9.17, 15) is 0 Å². The van der Waals surface area contributed by atoms with E-state index in [4.69, 9.17) is 0 Å². The second-order valence-corrected chi connectivity index (χ2v) is 4.21. The molecule has 1 aliphatic rings. The lowest BCUT2D eigenvalue weighted by molar-refractivity contribution is 0.284. The van der Waals surface area contributed by atoms with Gasteiger partial charge in [0, 0.05) is 18.4 Å². The second kappa shape index (κ2) is 3.95. The highest BCUT2D eigenvalue weighted by Gasteiger charge is 2.23. The molecule has 3 heteroatoms. The third kappa shape index (κ3) is 2.03. The van der Waals surface area contributed by atoms with Gasteiger partial charge < -0.3 is 5.32 Å². The van der Waals surface area contributed by atoms with Crippen LogP contribution in [0, 0.1) is 12.8 Å². The molecule has 1 fully saturated rings. The summed E-state index contributed by atoms with van der Waals surface area (Å²) in [6.45, 7) is 4.21. The van der Waals surface area contributed by atoms with Gasteiger partial charge in [0.25, 0.3) is 0 Å². The van der Waals surface area contributed by atoms with E-state index in [1.807, 2.05) is 19.3 Å². The van der Waals surface area contributed by atoms with Gasteiger partial charge in [-0.15, -0.1) is 0 Å². The topological polar surface area (TPSA) is 37.8 Å². The van der Waals surface area contributed by atoms with Crippen LogP contribution in [0.15, 0.2) is 12.4 Å². The van der Waals surface area contributed by atoms with Crippen LogP contribution in [0.2, 0.25) is 0 Å². The van der Waals surface area contributed by atoms with E-state index in [2.05, 4.69) is 22.2 Å². The molecule has 1 aromatic heterocycles. The van der Waals surface area contributed by atoms with E-state index in [1.165, 1.54) is 19.3 Å². The van der Waals surface area contributed by atoms with Crippen LogP contribution in [-0.2, 0) is 0 Å². The van der Waals surface area contributed by atoms with Crippen LogP contribution >= 0.6 is 0 Å². The molecule has 1 saturated carbocycles. The average Bonchev–Trinajstić information content (AvgIpc) is 2.06. The highest BCUT2D eigenvalue weighted by atomic mass is 15.1. The predicted octanol–water partition coefficient (Wildman–Crippen LogP) is 2.39. The summed E-state index contributed by atoms with van der Waals surface area (Å²) in [4.78, 5) is 8.47. The van der Waals surface area contributed by atoms with Gasteiger partial charge >= 0.3 is 0 Å². The number of hydrogen-bond acceptors (Lipinski definition) is 3. The van der Waals surface area contributed by atoms with Gasteiger partial charge in [0.1, 0.15) is 0 Å². The van der Waals surface area contributed by atoms with Crippen molar-refractivity contribution in [2.24, 2.45) is 5.92 Å². The van der Waals surface area contributed by atoms with E-state index in [1.54, 1.807) is 0 Å². The van der Waals surface area contributed by atoms with Crippen molar-refractivity contribution >= 4 is 5.95 Å². The minimum atomic E-state index is 0.506. The molecule has 0 spiro atoms. The minimum Gasteiger partial charge on any atom is -0.351 e. The molecule has 1 heterocycles. The maximum absolute atomic E-state index is 4.24. The van der Waals surface area contributed by atoms with Crippen LogP contribution in [0.25, 0.3) is 0 Å². The van der Waals surface area contributed by atoms with Crippen LogP contribution in [0.3, 0.4) is 0 Å². The van der Waals surface area contributed by atoms with E-state index in [-0.39, 0.29) is 0 Å². The number of anilines is 1. The molecule has 0 bridgehead atoms. The van der Waals surface area contributed by atoms with E-state index < -0.39 is 0 Å². The Bertz CT molecular complexity index is 290. The van der Waals surface area contributed by atoms with Gasteiger partial charge in [-0.25, -0.2) is 9.97 Å². The highest BCUT2D eigenvalue weighted by molar-refractivity contribution is 5.26. The lowest BCUT2D eigenvalue weighted by Gasteiger charge is -2.31.